The van der Waals surface area contributed by atoms with Gasteiger partial charge in [0.25, 0.3) is 0 Å². The van der Waals surface area contributed by atoms with E-state index < -0.39 is 6.04 Å². The van der Waals surface area contributed by atoms with Crippen molar-refractivity contribution >= 4 is 11.6 Å². The number of aryl methyl sites for hydroxylation is 2. The second kappa shape index (κ2) is 8.64. The van der Waals surface area contributed by atoms with Crippen molar-refractivity contribution in [2.24, 2.45) is 7.05 Å². The maximum atomic E-state index is 12.6. The fourth-order valence-electron chi connectivity index (χ4n) is 3.15. The van der Waals surface area contributed by atoms with E-state index in [2.05, 4.69) is 46.9 Å². The fraction of sp³-hybridized carbons (Fsp3) is 0.273. The van der Waals surface area contributed by atoms with Gasteiger partial charge in [-0.3, -0.25) is 9.48 Å². The van der Waals surface area contributed by atoms with Crippen molar-refractivity contribution in [1.82, 2.24) is 15.1 Å². The molecule has 1 heterocycles. The summed E-state index contributed by atoms with van der Waals surface area (Å²) in [7, 11) is 3.60. The number of rotatable bonds is 7. The Morgan fingerprint density at radius 3 is 2.22 bits per heavy atom. The fourth-order valence-corrected chi connectivity index (χ4v) is 3.15. The lowest BCUT2D eigenvalue weighted by molar-refractivity contribution is -0.118. The molecule has 5 heteroatoms. The van der Waals surface area contributed by atoms with Gasteiger partial charge in [0.05, 0.1) is 6.20 Å². The van der Waals surface area contributed by atoms with Crippen molar-refractivity contribution in [2.75, 3.05) is 12.4 Å². The number of aromatic nitrogens is 2. The molecule has 5 nitrogen and oxygen atoms in total. The molecule has 1 amide bonds. The SMILES string of the molecule is CCCc1ccc(-c2ccc(NC(=O)C(NC)c3cnn(C)c3)cc2)cc1. The molecular weight excluding hydrogens is 336 g/mol. The minimum Gasteiger partial charge on any atom is -0.324 e. The zero-order valence-electron chi connectivity index (χ0n) is 16.1. The van der Waals surface area contributed by atoms with E-state index in [-0.39, 0.29) is 5.91 Å². The van der Waals surface area contributed by atoms with E-state index in [0.717, 1.165) is 29.7 Å². The first-order valence-corrected chi connectivity index (χ1v) is 9.26. The van der Waals surface area contributed by atoms with Gasteiger partial charge in [-0.1, -0.05) is 49.7 Å². The number of anilines is 1. The summed E-state index contributed by atoms with van der Waals surface area (Å²) in [6.07, 6.45) is 5.80. The molecule has 0 bridgehead atoms. The van der Waals surface area contributed by atoms with Gasteiger partial charge in [-0.25, -0.2) is 0 Å². The zero-order valence-corrected chi connectivity index (χ0v) is 16.1. The third-order valence-corrected chi connectivity index (χ3v) is 4.59. The number of hydrogen-bond donors (Lipinski definition) is 2. The normalized spacial score (nSPS) is 12.0. The Labute approximate surface area is 160 Å². The van der Waals surface area contributed by atoms with E-state index in [9.17, 15) is 4.79 Å². The number of nitrogens with zero attached hydrogens (tertiary/aromatic N) is 2. The second-order valence-corrected chi connectivity index (χ2v) is 6.68. The maximum Gasteiger partial charge on any atom is 0.246 e. The Kier molecular flexibility index (Phi) is 6.04. The van der Waals surface area contributed by atoms with Crippen LogP contribution in [0.15, 0.2) is 60.9 Å². The molecule has 140 valence electrons. The van der Waals surface area contributed by atoms with E-state index in [0.29, 0.717) is 0 Å². The molecule has 27 heavy (non-hydrogen) atoms. The Balaban J connectivity index is 1.68. The number of benzene rings is 2. The predicted octanol–water partition coefficient (Wildman–Crippen LogP) is 3.94. The van der Waals surface area contributed by atoms with E-state index in [1.807, 2.05) is 37.5 Å². The van der Waals surface area contributed by atoms with Crippen molar-refractivity contribution in [2.45, 2.75) is 25.8 Å². The van der Waals surface area contributed by atoms with Gasteiger partial charge in [-0.15, -0.1) is 0 Å². The van der Waals surface area contributed by atoms with Crippen LogP contribution in [0.4, 0.5) is 5.69 Å². The van der Waals surface area contributed by atoms with Crippen LogP contribution in [0.25, 0.3) is 11.1 Å². The van der Waals surface area contributed by atoms with E-state index in [4.69, 9.17) is 0 Å². The monoisotopic (exact) mass is 362 g/mol. The molecule has 2 N–H and O–H groups in total. The van der Waals surface area contributed by atoms with Gasteiger partial charge in [0.15, 0.2) is 0 Å². The van der Waals surface area contributed by atoms with E-state index >= 15 is 0 Å². The first kappa shape index (κ1) is 18.9. The van der Waals surface area contributed by atoms with Crippen LogP contribution < -0.4 is 10.6 Å². The van der Waals surface area contributed by atoms with Crippen molar-refractivity contribution < 1.29 is 4.79 Å². The van der Waals surface area contributed by atoms with Crippen LogP contribution in [0.5, 0.6) is 0 Å². The molecule has 3 rings (SSSR count). The van der Waals surface area contributed by atoms with Crippen LogP contribution in [-0.2, 0) is 18.3 Å². The lowest BCUT2D eigenvalue weighted by atomic mass is 10.0. The minimum absolute atomic E-state index is 0.109. The number of carbonyl (C=O) groups is 1. The van der Waals surface area contributed by atoms with Gasteiger partial charge in [0.1, 0.15) is 6.04 Å². The number of hydrogen-bond acceptors (Lipinski definition) is 3. The summed E-state index contributed by atoms with van der Waals surface area (Å²) >= 11 is 0. The summed E-state index contributed by atoms with van der Waals surface area (Å²) in [6.45, 7) is 2.19. The summed E-state index contributed by atoms with van der Waals surface area (Å²) in [5.41, 5.74) is 5.28. The number of amides is 1. The molecule has 1 aromatic heterocycles. The second-order valence-electron chi connectivity index (χ2n) is 6.68. The van der Waals surface area contributed by atoms with Gasteiger partial charge in [0, 0.05) is 24.5 Å². The topological polar surface area (TPSA) is 59.0 Å². The maximum absolute atomic E-state index is 12.6. The predicted molar refractivity (Wildman–Crippen MR) is 110 cm³/mol. The Morgan fingerprint density at radius 1 is 1.07 bits per heavy atom. The highest BCUT2D eigenvalue weighted by molar-refractivity contribution is 5.95. The summed E-state index contributed by atoms with van der Waals surface area (Å²) < 4.78 is 1.69. The molecule has 0 saturated heterocycles. The quantitative estimate of drug-likeness (QED) is 0.669. The van der Waals surface area contributed by atoms with Crippen LogP contribution in [-0.4, -0.2) is 22.7 Å². The highest BCUT2D eigenvalue weighted by atomic mass is 16.2. The number of carbonyl (C=O) groups excluding carboxylic acids is 1. The van der Waals surface area contributed by atoms with Gasteiger partial charge in [0.2, 0.25) is 5.91 Å². The zero-order chi connectivity index (χ0) is 19.2. The average molecular weight is 362 g/mol. The van der Waals surface area contributed by atoms with Crippen LogP contribution in [0, 0.1) is 0 Å². The van der Waals surface area contributed by atoms with Gasteiger partial charge < -0.3 is 10.6 Å². The Morgan fingerprint density at radius 2 is 1.70 bits per heavy atom. The van der Waals surface area contributed by atoms with Crippen molar-refractivity contribution in [3.8, 4) is 11.1 Å². The van der Waals surface area contributed by atoms with E-state index in [1.165, 1.54) is 11.1 Å². The summed E-state index contributed by atoms with van der Waals surface area (Å²) in [5, 5.41) is 10.1. The molecule has 0 aliphatic carbocycles. The first-order chi connectivity index (χ1) is 13.1. The third-order valence-electron chi connectivity index (χ3n) is 4.59. The molecule has 0 aliphatic heterocycles. The lowest BCUT2D eigenvalue weighted by Gasteiger charge is -2.15. The van der Waals surface area contributed by atoms with Crippen LogP contribution in [0.1, 0.15) is 30.5 Å². The van der Waals surface area contributed by atoms with E-state index in [1.54, 1.807) is 17.9 Å². The molecule has 0 fully saturated rings. The standard InChI is InChI=1S/C22H26N4O/c1-4-5-16-6-8-17(9-7-16)18-10-12-20(13-11-18)25-22(27)21(23-2)19-14-24-26(3)15-19/h6-15,21,23H,4-5H2,1-3H3,(H,25,27). The largest absolute Gasteiger partial charge is 0.324 e. The molecule has 0 spiro atoms. The van der Waals surface area contributed by atoms with Crippen LogP contribution >= 0.6 is 0 Å². The summed E-state index contributed by atoms with van der Waals surface area (Å²) in [6, 6.07) is 16.2. The summed E-state index contributed by atoms with van der Waals surface area (Å²) in [4.78, 5) is 12.6. The third kappa shape index (κ3) is 4.63. The smallest absolute Gasteiger partial charge is 0.246 e. The molecule has 1 atom stereocenters. The first-order valence-electron chi connectivity index (χ1n) is 9.26. The summed E-state index contributed by atoms with van der Waals surface area (Å²) in [5.74, 6) is -0.109. The highest BCUT2D eigenvalue weighted by Gasteiger charge is 2.20. The van der Waals surface area contributed by atoms with Gasteiger partial charge >= 0.3 is 0 Å². The van der Waals surface area contributed by atoms with Crippen molar-refractivity contribution in [3.63, 3.8) is 0 Å². The average Bonchev–Trinajstić information content (AvgIpc) is 3.10. The number of nitrogens with one attached hydrogen (secondary N) is 2. The highest BCUT2D eigenvalue weighted by Crippen LogP contribution is 2.23. The van der Waals surface area contributed by atoms with Crippen molar-refractivity contribution in [3.05, 3.63) is 72.1 Å². The number of likely N-dealkylation sites (N-methyl/N-ethyl adjacent to an activating group) is 1. The molecule has 3 aromatic rings. The molecular formula is C22H26N4O. The minimum atomic E-state index is -0.440. The van der Waals surface area contributed by atoms with Gasteiger partial charge in [-0.2, -0.15) is 5.10 Å². The Hall–Kier alpha value is -2.92. The Bertz CT molecular complexity index is 881. The molecule has 0 radical (unpaired) electrons. The molecule has 0 saturated carbocycles. The van der Waals surface area contributed by atoms with Crippen molar-refractivity contribution in [1.29, 1.82) is 0 Å². The van der Waals surface area contributed by atoms with Gasteiger partial charge in [-0.05, 0) is 42.3 Å². The molecule has 2 aromatic carbocycles. The molecule has 1 unspecified atom stereocenters. The van der Waals surface area contributed by atoms with Crippen LogP contribution in [0.3, 0.4) is 0 Å². The molecule has 0 aliphatic rings. The van der Waals surface area contributed by atoms with Crippen LogP contribution in [0.2, 0.25) is 0 Å². The lowest BCUT2D eigenvalue weighted by Crippen LogP contribution is -2.30.